The molecule has 0 aromatic rings. The fourth-order valence-corrected chi connectivity index (χ4v) is 2.02. The summed E-state index contributed by atoms with van der Waals surface area (Å²) >= 11 is 0. The van der Waals surface area contributed by atoms with Crippen LogP contribution in [0.25, 0.3) is 0 Å². The third kappa shape index (κ3) is 2.47. The van der Waals surface area contributed by atoms with Crippen LogP contribution in [0.15, 0.2) is 0 Å². The highest BCUT2D eigenvalue weighted by Gasteiger charge is 2.35. The van der Waals surface area contributed by atoms with Crippen LogP contribution in [0.2, 0.25) is 0 Å². The number of hydrogen-bond acceptors (Lipinski definition) is 3. The molecule has 13 heavy (non-hydrogen) atoms. The van der Waals surface area contributed by atoms with Crippen LogP contribution in [0.1, 0.15) is 20.3 Å². The summed E-state index contributed by atoms with van der Waals surface area (Å²) < 4.78 is 5.04. The summed E-state index contributed by atoms with van der Waals surface area (Å²) in [6.07, 6.45) is 1.06. The van der Waals surface area contributed by atoms with E-state index in [0.717, 1.165) is 19.5 Å². The van der Waals surface area contributed by atoms with Crippen molar-refractivity contribution in [3.63, 3.8) is 0 Å². The first-order chi connectivity index (χ1) is 6.19. The molecule has 0 bridgehead atoms. The van der Waals surface area contributed by atoms with E-state index >= 15 is 0 Å². The molecule has 1 heterocycles. The maximum absolute atomic E-state index is 11.5. The predicted octanol–water partition coefficient (Wildman–Crippen LogP) is 0.0556. The van der Waals surface area contributed by atoms with E-state index in [9.17, 15) is 4.79 Å². The molecule has 0 saturated carbocycles. The van der Waals surface area contributed by atoms with E-state index < -0.39 is 0 Å². The molecular weight excluding hydrogens is 165 g/mol. The first-order valence-electron chi connectivity index (χ1n) is 5.04. The average molecular weight is 183 g/mol. The van der Waals surface area contributed by atoms with Gasteiger partial charge in [-0.2, -0.15) is 0 Å². The number of rotatable bonds is 3. The lowest BCUT2D eigenvalue weighted by Gasteiger charge is -2.14. The van der Waals surface area contributed by atoms with Crippen LogP contribution in [0, 0.1) is 11.8 Å². The molecule has 0 N–H and O–H groups in total. The van der Waals surface area contributed by atoms with Gasteiger partial charge >= 0.3 is 5.97 Å². The number of carbonyl (C=O) groups excluding carboxylic acids is 1. The molecule has 0 aromatic carbocycles. The zero-order chi connectivity index (χ0) is 9.84. The monoisotopic (exact) mass is 183 g/mol. The lowest BCUT2D eigenvalue weighted by molar-refractivity contribution is -0.148. The largest absolute Gasteiger partial charge is 0.466 e. The van der Waals surface area contributed by atoms with E-state index in [1.165, 1.54) is 0 Å². The Labute approximate surface area is 80.9 Å². The molecule has 0 radical (unpaired) electrons. The third-order valence-corrected chi connectivity index (χ3v) is 2.74. The molecular formula is C9H18BNO2. The molecule has 2 unspecified atom stereocenters. The highest BCUT2D eigenvalue weighted by Crippen LogP contribution is 2.25. The van der Waals surface area contributed by atoms with Crippen LogP contribution in [0.5, 0.6) is 0 Å². The number of hydrogen-bond donors (Lipinski definition) is 0. The second kappa shape index (κ2) is 4.65. The quantitative estimate of drug-likeness (QED) is 0.457. The van der Waals surface area contributed by atoms with Gasteiger partial charge < -0.3 is 9.55 Å². The number of ether oxygens (including phenoxy) is 1. The van der Waals surface area contributed by atoms with Gasteiger partial charge in [0, 0.05) is 6.54 Å². The van der Waals surface area contributed by atoms with Crippen molar-refractivity contribution in [3.05, 3.63) is 0 Å². The number of nitrogens with zero attached hydrogens (tertiary/aromatic N) is 1. The normalized spacial score (nSPS) is 29.1. The minimum Gasteiger partial charge on any atom is -0.466 e. The van der Waals surface area contributed by atoms with E-state index in [4.69, 9.17) is 4.74 Å². The van der Waals surface area contributed by atoms with Crippen molar-refractivity contribution < 1.29 is 9.53 Å². The van der Waals surface area contributed by atoms with Gasteiger partial charge in [-0.15, -0.1) is 0 Å². The van der Waals surface area contributed by atoms with Crippen LogP contribution in [0.4, 0.5) is 0 Å². The Morgan fingerprint density at radius 3 is 2.77 bits per heavy atom. The van der Waals surface area contributed by atoms with E-state index in [1.54, 1.807) is 0 Å². The van der Waals surface area contributed by atoms with Gasteiger partial charge in [0.1, 0.15) is 0 Å². The molecule has 1 saturated heterocycles. The molecule has 2 atom stereocenters. The van der Waals surface area contributed by atoms with Gasteiger partial charge in [0.15, 0.2) is 7.98 Å². The van der Waals surface area contributed by atoms with Crippen molar-refractivity contribution in [2.75, 3.05) is 19.7 Å². The van der Waals surface area contributed by atoms with Crippen LogP contribution in [0.3, 0.4) is 0 Å². The summed E-state index contributed by atoms with van der Waals surface area (Å²) in [5, 5.41) is 0. The average Bonchev–Trinajstić information content (AvgIpc) is 2.47. The molecule has 0 aromatic heterocycles. The Morgan fingerprint density at radius 2 is 2.23 bits per heavy atom. The third-order valence-electron chi connectivity index (χ3n) is 2.74. The van der Waals surface area contributed by atoms with Crippen LogP contribution < -0.4 is 0 Å². The van der Waals surface area contributed by atoms with E-state index in [1.807, 2.05) is 6.92 Å². The van der Waals surface area contributed by atoms with E-state index in [-0.39, 0.29) is 11.9 Å². The SMILES string of the molecule is BN1CC(CC)C(C(=O)OCC)C1. The molecule has 1 aliphatic rings. The van der Waals surface area contributed by atoms with E-state index in [2.05, 4.69) is 19.7 Å². The summed E-state index contributed by atoms with van der Waals surface area (Å²) in [6, 6.07) is 0. The standard InChI is InChI=1S/C9H18BNO2/c1-3-7-5-11(10)6-8(7)9(12)13-4-2/h7-8H,3-6,10H2,1-2H3. The van der Waals surface area contributed by atoms with Crippen molar-refractivity contribution in [3.8, 4) is 0 Å². The van der Waals surface area contributed by atoms with Crippen LogP contribution in [-0.2, 0) is 9.53 Å². The van der Waals surface area contributed by atoms with Gasteiger partial charge in [-0.25, -0.2) is 0 Å². The smallest absolute Gasteiger partial charge is 0.310 e. The Hall–Kier alpha value is -0.505. The number of esters is 1. The topological polar surface area (TPSA) is 29.5 Å². The van der Waals surface area contributed by atoms with Gasteiger partial charge in [0.25, 0.3) is 0 Å². The lowest BCUT2D eigenvalue weighted by atomic mass is 9.94. The minimum atomic E-state index is -0.0151. The van der Waals surface area contributed by atoms with Crippen molar-refractivity contribution in [2.24, 2.45) is 11.8 Å². The van der Waals surface area contributed by atoms with Crippen molar-refractivity contribution in [1.82, 2.24) is 4.81 Å². The summed E-state index contributed by atoms with van der Waals surface area (Å²) in [6.45, 7) is 6.38. The van der Waals surface area contributed by atoms with Crippen LogP contribution >= 0.6 is 0 Å². The van der Waals surface area contributed by atoms with Gasteiger partial charge in [-0.05, 0) is 19.4 Å². The summed E-state index contributed by atoms with van der Waals surface area (Å²) in [5.74, 6) is 0.581. The summed E-state index contributed by atoms with van der Waals surface area (Å²) in [7, 11) is 2.06. The molecule has 0 spiro atoms. The predicted molar refractivity (Wildman–Crippen MR) is 54.0 cm³/mol. The van der Waals surface area contributed by atoms with E-state index in [0.29, 0.717) is 12.5 Å². The zero-order valence-corrected chi connectivity index (χ0v) is 8.75. The van der Waals surface area contributed by atoms with Gasteiger partial charge in [0.2, 0.25) is 0 Å². The number of carbonyl (C=O) groups is 1. The van der Waals surface area contributed by atoms with Crippen molar-refractivity contribution >= 4 is 14.0 Å². The molecule has 1 fully saturated rings. The van der Waals surface area contributed by atoms with Gasteiger partial charge in [-0.3, -0.25) is 4.79 Å². The highest BCUT2D eigenvalue weighted by molar-refractivity contribution is 6.04. The molecule has 74 valence electrons. The lowest BCUT2D eigenvalue weighted by Crippen LogP contribution is -2.25. The fraction of sp³-hybridized carbons (Fsp3) is 0.889. The molecule has 3 nitrogen and oxygen atoms in total. The van der Waals surface area contributed by atoms with Crippen molar-refractivity contribution in [2.45, 2.75) is 20.3 Å². The first kappa shape index (κ1) is 10.6. The highest BCUT2D eigenvalue weighted by atomic mass is 16.5. The molecule has 1 aliphatic heterocycles. The maximum atomic E-state index is 11.5. The second-order valence-electron chi connectivity index (χ2n) is 3.75. The minimum absolute atomic E-state index is 0.0151. The van der Waals surface area contributed by atoms with Gasteiger partial charge in [-0.1, -0.05) is 13.3 Å². The zero-order valence-electron chi connectivity index (χ0n) is 8.75. The maximum Gasteiger partial charge on any atom is 0.310 e. The van der Waals surface area contributed by atoms with Crippen LogP contribution in [-0.4, -0.2) is 38.5 Å². The second-order valence-corrected chi connectivity index (χ2v) is 3.75. The Bertz CT molecular complexity index is 186. The van der Waals surface area contributed by atoms with Gasteiger partial charge in [0.05, 0.1) is 12.5 Å². The molecule has 0 aliphatic carbocycles. The summed E-state index contributed by atoms with van der Waals surface area (Å²) in [4.78, 5) is 13.7. The molecule has 1 rings (SSSR count). The Kier molecular flexibility index (Phi) is 3.79. The molecule has 4 heteroatoms. The van der Waals surface area contributed by atoms with Crippen molar-refractivity contribution in [1.29, 1.82) is 0 Å². The Balaban J connectivity index is 2.52. The fourth-order valence-electron chi connectivity index (χ4n) is 2.02. The molecule has 0 amide bonds. The first-order valence-corrected chi connectivity index (χ1v) is 5.04. The summed E-state index contributed by atoms with van der Waals surface area (Å²) in [5.41, 5.74) is 0. The Morgan fingerprint density at radius 1 is 1.54 bits per heavy atom.